The first-order valence-corrected chi connectivity index (χ1v) is 6.84. The first-order chi connectivity index (χ1) is 8.61. The SMILES string of the molecule is COCC(O)CNC(=O)CCCc1csc(C)n1. The van der Waals surface area contributed by atoms with Gasteiger partial charge < -0.3 is 15.2 Å². The molecule has 1 aromatic heterocycles. The van der Waals surface area contributed by atoms with Gasteiger partial charge in [-0.25, -0.2) is 4.98 Å². The highest BCUT2D eigenvalue weighted by Gasteiger charge is 2.07. The van der Waals surface area contributed by atoms with Crippen LogP contribution >= 0.6 is 11.3 Å². The fourth-order valence-corrected chi connectivity index (χ4v) is 2.17. The van der Waals surface area contributed by atoms with E-state index in [4.69, 9.17) is 4.74 Å². The lowest BCUT2D eigenvalue weighted by Crippen LogP contribution is -2.34. The highest BCUT2D eigenvalue weighted by Crippen LogP contribution is 2.10. The summed E-state index contributed by atoms with van der Waals surface area (Å²) < 4.78 is 4.77. The number of aryl methyl sites for hydroxylation is 2. The Morgan fingerprint density at radius 3 is 3.06 bits per heavy atom. The number of aromatic nitrogens is 1. The summed E-state index contributed by atoms with van der Waals surface area (Å²) in [7, 11) is 1.51. The number of ether oxygens (including phenoxy) is 1. The zero-order chi connectivity index (χ0) is 13.4. The molecule has 0 spiro atoms. The van der Waals surface area contributed by atoms with Gasteiger partial charge in [-0.3, -0.25) is 4.79 Å². The molecule has 0 aliphatic heterocycles. The van der Waals surface area contributed by atoms with E-state index in [1.165, 1.54) is 7.11 Å². The van der Waals surface area contributed by atoms with Gasteiger partial charge in [-0.05, 0) is 19.8 Å². The van der Waals surface area contributed by atoms with E-state index in [1.807, 2.05) is 12.3 Å². The van der Waals surface area contributed by atoms with Gasteiger partial charge in [0.05, 0.1) is 23.4 Å². The molecule has 6 heteroatoms. The summed E-state index contributed by atoms with van der Waals surface area (Å²) in [5.41, 5.74) is 1.05. The maximum Gasteiger partial charge on any atom is 0.220 e. The molecular weight excluding hydrogens is 252 g/mol. The molecule has 0 fully saturated rings. The molecule has 0 aromatic carbocycles. The highest BCUT2D eigenvalue weighted by molar-refractivity contribution is 7.09. The number of carbonyl (C=O) groups is 1. The van der Waals surface area contributed by atoms with Crippen molar-refractivity contribution in [3.8, 4) is 0 Å². The van der Waals surface area contributed by atoms with Crippen molar-refractivity contribution in [2.75, 3.05) is 20.3 Å². The minimum Gasteiger partial charge on any atom is -0.389 e. The number of methoxy groups -OCH3 is 1. The van der Waals surface area contributed by atoms with E-state index in [9.17, 15) is 9.90 Å². The lowest BCUT2D eigenvalue weighted by molar-refractivity contribution is -0.121. The maximum absolute atomic E-state index is 11.5. The van der Waals surface area contributed by atoms with E-state index >= 15 is 0 Å². The molecule has 1 amide bonds. The van der Waals surface area contributed by atoms with Crippen molar-refractivity contribution in [3.05, 3.63) is 16.1 Å². The van der Waals surface area contributed by atoms with E-state index in [0.29, 0.717) is 6.42 Å². The van der Waals surface area contributed by atoms with Crippen LogP contribution in [0.2, 0.25) is 0 Å². The molecule has 1 rings (SSSR count). The number of nitrogens with zero attached hydrogens (tertiary/aromatic N) is 1. The van der Waals surface area contributed by atoms with E-state index in [-0.39, 0.29) is 19.1 Å². The van der Waals surface area contributed by atoms with Crippen molar-refractivity contribution in [1.82, 2.24) is 10.3 Å². The van der Waals surface area contributed by atoms with Crippen LogP contribution in [-0.2, 0) is 16.0 Å². The number of thiazole rings is 1. The normalized spacial score (nSPS) is 12.4. The second-order valence-electron chi connectivity index (χ2n) is 4.12. The summed E-state index contributed by atoms with van der Waals surface area (Å²) in [4.78, 5) is 15.8. The molecule has 18 heavy (non-hydrogen) atoms. The fraction of sp³-hybridized carbons (Fsp3) is 0.667. The second-order valence-corrected chi connectivity index (χ2v) is 5.19. The second kappa shape index (κ2) is 8.18. The van der Waals surface area contributed by atoms with Crippen molar-refractivity contribution in [1.29, 1.82) is 0 Å². The Morgan fingerprint density at radius 1 is 1.67 bits per heavy atom. The molecule has 0 aliphatic rings. The summed E-state index contributed by atoms with van der Waals surface area (Å²) in [6, 6.07) is 0. The van der Waals surface area contributed by atoms with Crippen LogP contribution in [-0.4, -0.2) is 42.4 Å². The van der Waals surface area contributed by atoms with E-state index in [2.05, 4.69) is 10.3 Å². The van der Waals surface area contributed by atoms with Crippen molar-refractivity contribution in [2.24, 2.45) is 0 Å². The molecule has 2 N–H and O–H groups in total. The van der Waals surface area contributed by atoms with Crippen LogP contribution in [0.5, 0.6) is 0 Å². The Hall–Kier alpha value is -0.980. The fourth-order valence-electron chi connectivity index (χ4n) is 1.52. The Labute approximate surface area is 111 Å². The van der Waals surface area contributed by atoms with Gasteiger partial charge in [-0.1, -0.05) is 0 Å². The Morgan fingerprint density at radius 2 is 2.44 bits per heavy atom. The number of amides is 1. The molecule has 1 aromatic rings. The molecule has 0 aliphatic carbocycles. The number of aliphatic hydroxyl groups excluding tert-OH is 1. The third kappa shape index (κ3) is 6.09. The van der Waals surface area contributed by atoms with Crippen LogP contribution in [0.25, 0.3) is 0 Å². The number of hydrogen-bond acceptors (Lipinski definition) is 5. The minimum absolute atomic E-state index is 0.0443. The zero-order valence-corrected chi connectivity index (χ0v) is 11.6. The van der Waals surface area contributed by atoms with Crippen molar-refractivity contribution in [3.63, 3.8) is 0 Å². The first kappa shape index (κ1) is 15.1. The van der Waals surface area contributed by atoms with Crippen LogP contribution in [0.3, 0.4) is 0 Å². The molecule has 1 atom stereocenters. The highest BCUT2D eigenvalue weighted by atomic mass is 32.1. The third-order valence-electron chi connectivity index (χ3n) is 2.40. The van der Waals surface area contributed by atoms with Crippen LogP contribution in [0.15, 0.2) is 5.38 Å². The largest absolute Gasteiger partial charge is 0.389 e. The Bertz CT molecular complexity index is 368. The van der Waals surface area contributed by atoms with Gasteiger partial charge in [0.2, 0.25) is 5.91 Å². The molecule has 102 valence electrons. The van der Waals surface area contributed by atoms with Crippen LogP contribution < -0.4 is 5.32 Å². The molecule has 1 unspecified atom stereocenters. The Kier molecular flexibility index (Phi) is 6.85. The van der Waals surface area contributed by atoms with Crippen LogP contribution in [0.4, 0.5) is 0 Å². The predicted octanol–water partition coefficient (Wildman–Crippen LogP) is 0.898. The maximum atomic E-state index is 11.5. The molecular formula is C12H20N2O3S. The average Bonchev–Trinajstić information content (AvgIpc) is 2.73. The number of aliphatic hydroxyl groups is 1. The quantitative estimate of drug-likeness (QED) is 0.737. The van der Waals surface area contributed by atoms with Gasteiger partial charge in [0.1, 0.15) is 0 Å². The van der Waals surface area contributed by atoms with Gasteiger partial charge in [0, 0.05) is 25.5 Å². The molecule has 0 bridgehead atoms. The molecule has 5 nitrogen and oxygen atoms in total. The summed E-state index contributed by atoms with van der Waals surface area (Å²) in [6.07, 6.45) is 1.41. The third-order valence-corrected chi connectivity index (χ3v) is 3.22. The summed E-state index contributed by atoms with van der Waals surface area (Å²) in [6.45, 7) is 2.44. The lowest BCUT2D eigenvalue weighted by atomic mass is 10.2. The number of hydrogen-bond donors (Lipinski definition) is 2. The first-order valence-electron chi connectivity index (χ1n) is 5.96. The van der Waals surface area contributed by atoms with Crippen LogP contribution in [0.1, 0.15) is 23.5 Å². The van der Waals surface area contributed by atoms with Gasteiger partial charge in [-0.2, -0.15) is 0 Å². The van der Waals surface area contributed by atoms with Crippen molar-refractivity contribution in [2.45, 2.75) is 32.3 Å². The summed E-state index contributed by atoms with van der Waals surface area (Å²) >= 11 is 1.62. The molecule has 0 radical (unpaired) electrons. The van der Waals surface area contributed by atoms with Crippen molar-refractivity contribution >= 4 is 17.2 Å². The lowest BCUT2D eigenvalue weighted by Gasteiger charge is -2.10. The zero-order valence-electron chi connectivity index (χ0n) is 10.8. The van der Waals surface area contributed by atoms with Gasteiger partial charge in [0.15, 0.2) is 0 Å². The number of carbonyl (C=O) groups excluding carboxylic acids is 1. The average molecular weight is 272 g/mol. The smallest absolute Gasteiger partial charge is 0.220 e. The number of nitrogens with one attached hydrogen (secondary N) is 1. The molecule has 1 heterocycles. The number of rotatable bonds is 8. The Balaban J connectivity index is 2.10. The van der Waals surface area contributed by atoms with Crippen LogP contribution in [0, 0.1) is 6.92 Å². The van der Waals surface area contributed by atoms with Gasteiger partial charge >= 0.3 is 0 Å². The minimum atomic E-state index is -0.639. The molecule has 0 saturated carbocycles. The van der Waals surface area contributed by atoms with E-state index < -0.39 is 6.10 Å². The molecule has 0 saturated heterocycles. The summed E-state index contributed by atoms with van der Waals surface area (Å²) in [5, 5.41) is 15.1. The van der Waals surface area contributed by atoms with Gasteiger partial charge in [-0.15, -0.1) is 11.3 Å². The standard InChI is InChI=1S/C12H20N2O3S/c1-9-14-10(8-18-9)4-3-5-12(16)13-6-11(15)7-17-2/h8,11,15H,3-7H2,1-2H3,(H,13,16). The monoisotopic (exact) mass is 272 g/mol. The summed E-state index contributed by atoms with van der Waals surface area (Å²) in [5.74, 6) is -0.0443. The predicted molar refractivity (Wildman–Crippen MR) is 70.7 cm³/mol. The van der Waals surface area contributed by atoms with Gasteiger partial charge in [0.25, 0.3) is 0 Å². The topological polar surface area (TPSA) is 71.5 Å². The van der Waals surface area contributed by atoms with Crippen molar-refractivity contribution < 1.29 is 14.6 Å². The van der Waals surface area contributed by atoms with E-state index in [1.54, 1.807) is 11.3 Å². The van der Waals surface area contributed by atoms with E-state index in [0.717, 1.165) is 23.5 Å².